The van der Waals surface area contributed by atoms with Crippen molar-refractivity contribution in [3.05, 3.63) is 0 Å². The first-order chi connectivity index (χ1) is 8.20. The Hall–Kier alpha value is -0.530. The van der Waals surface area contributed by atoms with Gasteiger partial charge in [0.25, 0.3) is 0 Å². The van der Waals surface area contributed by atoms with Gasteiger partial charge in [0.05, 0.1) is 5.84 Å². The molecule has 0 aromatic rings. The van der Waals surface area contributed by atoms with Crippen molar-refractivity contribution >= 4 is 5.84 Å². The van der Waals surface area contributed by atoms with Crippen LogP contribution in [0.15, 0.2) is 4.99 Å². The molecule has 2 nitrogen and oxygen atoms in total. The number of nitrogens with two attached hydrogens (primary N) is 1. The van der Waals surface area contributed by atoms with Gasteiger partial charge in [-0.1, -0.05) is 45.4 Å². The lowest BCUT2D eigenvalue weighted by Gasteiger charge is -2.32. The van der Waals surface area contributed by atoms with E-state index in [1.807, 2.05) is 0 Å². The van der Waals surface area contributed by atoms with E-state index in [1.165, 1.54) is 64.2 Å². The Kier molecular flexibility index (Phi) is 4.47. The molecule has 2 fully saturated rings. The third kappa shape index (κ3) is 3.72. The van der Waals surface area contributed by atoms with Gasteiger partial charge in [0.15, 0.2) is 0 Å². The molecule has 2 aliphatic carbocycles. The monoisotopic (exact) mass is 236 g/mol. The van der Waals surface area contributed by atoms with Gasteiger partial charge in [-0.2, -0.15) is 0 Å². The first-order valence-electron chi connectivity index (χ1n) is 7.49. The van der Waals surface area contributed by atoms with Crippen LogP contribution in [0.5, 0.6) is 0 Å². The Bertz CT molecular complexity index is 258. The van der Waals surface area contributed by atoms with Gasteiger partial charge in [0, 0.05) is 12.5 Å². The van der Waals surface area contributed by atoms with Crippen LogP contribution in [0.4, 0.5) is 0 Å². The highest BCUT2D eigenvalue weighted by atomic mass is 14.9. The predicted octanol–water partition coefficient (Wildman–Crippen LogP) is 3.89. The molecule has 0 amide bonds. The highest BCUT2D eigenvalue weighted by Gasteiger charge is 2.27. The molecule has 2 rings (SSSR count). The standard InChI is InChI=1S/C15H28N2/c1-15(10-6-3-7-11-15)12-17-14(16)13-8-4-2-5-9-13/h13H,2-12H2,1H3,(H2,16,17). The molecule has 0 atom stereocenters. The van der Waals surface area contributed by atoms with Gasteiger partial charge in [0.1, 0.15) is 0 Å². The minimum absolute atomic E-state index is 0.442. The molecule has 2 heteroatoms. The summed E-state index contributed by atoms with van der Waals surface area (Å²) in [4.78, 5) is 4.74. The average molecular weight is 236 g/mol. The Morgan fingerprint density at radius 1 is 1.06 bits per heavy atom. The van der Waals surface area contributed by atoms with Crippen molar-refractivity contribution in [3.63, 3.8) is 0 Å². The van der Waals surface area contributed by atoms with Gasteiger partial charge in [-0.25, -0.2) is 0 Å². The molecule has 0 spiro atoms. The fourth-order valence-electron chi connectivity index (χ4n) is 3.37. The summed E-state index contributed by atoms with van der Waals surface area (Å²) in [5, 5.41) is 0. The highest BCUT2D eigenvalue weighted by Crippen LogP contribution is 2.36. The first kappa shape index (κ1) is 12.9. The molecule has 0 unspecified atom stereocenters. The number of rotatable bonds is 3. The van der Waals surface area contributed by atoms with Crippen molar-refractivity contribution in [2.45, 2.75) is 71.1 Å². The van der Waals surface area contributed by atoms with E-state index < -0.39 is 0 Å². The molecule has 2 aliphatic rings. The quantitative estimate of drug-likeness (QED) is 0.586. The van der Waals surface area contributed by atoms with Gasteiger partial charge in [-0.15, -0.1) is 0 Å². The molecule has 0 aliphatic heterocycles. The van der Waals surface area contributed by atoms with Crippen LogP contribution in [-0.2, 0) is 0 Å². The lowest BCUT2D eigenvalue weighted by atomic mass is 9.76. The second kappa shape index (κ2) is 5.88. The van der Waals surface area contributed by atoms with Crippen molar-refractivity contribution in [2.75, 3.05) is 6.54 Å². The largest absolute Gasteiger partial charge is 0.387 e. The summed E-state index contributed by atoms with van der Waals surface area (Å²) in [5.41, 5.74) is 6.62. The SMILES string of the molecule is CC1(CN=C(N)C2CCCCC2)CCCCC1. The van der Waals surface area contributed by atoms with Crippen LogP contribution >= 0.6 is 0 Å². The van der Waals surface area contributed by atoms with Crippen molar-refractivity contribution in [3.8, 4) is 0 Å². The summed E-state index contributed by atoms with van der Waals surface area (Å²) >= 11 is 0. The zero-order valence-corrected chi connectivity index (χ0v) is 11.4. The van der Waals surface area contributed by atoms with E-state index in [1.54, 1.807) is 0 Å². The smallest absolute Gasteiger partial charge is 0.0968 e. The van der Waals surface area contributed by atoms with Crippen LogP contribution < -0.4 is 5.73 Å². The van der Waals surface area contributed by atoms with Crippen LogP contribution in [0.1, 0.15) is 71.1 Å². The van der Waals surface area contributed by atoms with E-state index in [4.69, 9.17) is 10.7 Å². The maximum atomic E-state index is 6.17. The second-order valence-electron chi connectivity index (χ2n) is 6.45. The molecule has 0 aromatic heterocycles. The molecule has 2 N–H and O–H groups in total. The Morgan fingerprint density at radius 3 is 2.29 bits per heavy atom. The lowest BCUT2D eigenvalue weighted by Crippen LogP contribution is -2.29. The van der Waals surface area contributed by atoms with Crippen molar-refractivity contribution in [2.24, 2.45) is 22.1 Å². The van der Waals surface area contributed by atoms with Crippen molar-refractivity contribution in [1.29, 1.82) is 0 Å². The molecule has 0 bridgehead atoms. The number of hydrogen-bond acceptors (Lipinski definition) is 1. The molecule has 0 aromatic carbocycles. The van der Waals surface area contributed by atoms with E-state index in [0.29, 0.717) is 11.3 Å². The van der Waals surface area contributed by atoms with Crippen molar-refractivity contribution in [1.82, 2.24) is 0 Å². The van der Waals surface area contributed by atoms with Crippen LogP contribution in [0.2, 0.25) is 0 Å². The van der Waals surface area contributed by atoms with E-state index in [2.05, 4.69) is 6.92 Å². The average Bonchev–Trinajstić information content (AvgIpc) is 2.38. The molecular formula is C15H28N2. The molecule has 0 saturated heterocycles. The van der Waals surface area contributed by atoms with Gasteiger partial charge < -0.3 is 5.73 Å². The van der Waals surface area contributed by atoms with Crippen LogP contribution in [-0.4, -0.2) is 12.4 Å². The number of hydrogen-bond donors (Lipinski definition) is 1. The van der Waals surface area contributed by atoms with Gasteiger partial charge in [-0.3, -0.25) is 4.99 Å². The Morgan fingerprint density at radius 2 is 1.65 bits per heavy atom. The summed E-state index contributed by atoms with van der Waals surface area (Å²) in [6, 6.07) is 0. The van der Waals surface area contributed by atoms with E-state index in [0.717, 1.165) is 12.4 Å². The minimum atomic E-state index is 0.442. The van der Waals surface area contributed by atoms with Crippen LogP contribution in [0, 0.1) is 11.3 Å². The third-order valence-corrected chi connectivity index (χ3v) is 4.73. The zero-order chi connectivity index (χ0) is 12.1. The predicted molar refractivity (Wildman–Crippen MR) is 74.3 cm³/mol. The fraction of sp³-hybridized carbons (Fsp3) is 0.933. The zero-order valence-electron chi connectivity index (χ0n) is 11.4. The van der Waals surface area contributed by atoms with E-state index in [9.17, 15) is 0 Å². The molecule has 17 heavy (non-hydrogen) atoms. The highest BCUT2D eigenvalue weighted by molar-refractivity contribution is 5.82. The van der Waals surface area contributed by atoms with E-state index >= 15 is 0 Å². The number of nitrogens with zero attached hydrogens (tertiary/aromatic N) is 1. The summed E-state index contributed by atoms with van der Waals surface area (Å²) in [6.45, 7) is 3.36. The minimum Gasteiger partial charge on any atom is -0.387 e. The van der Waals surface area contributed by atoms with E-state index in [-0.39, 0.29) is 0 Å². The second-order valence-corrected chi connectivity index (χ2v) is 6.45. The van der Waals surface area contributed by atoms with Crippen LogP contribution in [0.3, 0.4) is 0 Å². The summed E-state index contributed by atoms with van der Waals surface area (Å²) in [5.74, 6) is 1.55. The molecule has 0 radical (unpaired) electrons. The Balaban J connectivity index is 1.85. The van der Waals surface area contributed by atoms with Gasteiger partial charge in [0.2, 0.25) is 0 Å². The third-order valence-electron chi connectivity index (χ3n) is 4.73. The molecule has 0 heterocycles. The lowest BCUT2D eigenvalue weighted by molar-refractivity contribution is 0.226. The number of amidine groups is 1. The fourth-order valence-corrected chi connectivity index (χ4v) is 3.37. The summed E-state index contributed by atoms with van der Waals surface area (Å²) in [7, 11) is 0. The molecular weight excluding hydrogens is 208 g/mol. The maximum Gasteiger partial charge on any atom is 0.0968 e. The topological polar surface area (TPSA) is 38.4 Å². The first-order valence-corrected chi connectivity index (χ1v) is 7.49. The number of aliphatic imine (C=N–C) groups is 1. The van der Waals surface area contributed by atoms with Gasteiger partial charge >= 0.3 is 0 Å². The maximum absolute atomic E-state index is 6.17. The Labute approximate surface area is 106 Å². The van der Waals surface area contributed by atoms with Crippen LogP contribution in [0.25, 0.3) is 0 Å². The molecule has 98 valence electrons. The van der Waals surface area contributed by atoms with Gasteiger partial charge in [-0.05, 0) is 31.1 Å². The summed E-state index contributed by atoms with van der Waals surface area (Å²) in [6.07, 6.45) is 13.5. The normalized spacial score (nSPS) is 27.0. The summed E-state index contributed by atoms with van der Waals surface area (Å²) < 4.78 is 0. The van der Waals surface area contributed by atoms with Crippen molar-refractivity contribution < 1.29 is 0 Å². The molecule has 2 saturated carbocycles.